The van der Waals surface area contributed by atoms with E-state index in [0.29, 0.717) is 6.04 Å². The van der Waals surface area contributed by atoms with E-state index in [1.54, 1.807) is 0 Å². The van der Waals surface area contributed by atoms with Gasteiger partial charge in [-0.2, -0.15) is 0 Å². The van der Waals surface area contributed by atoms with Gasteiger partial charge in [0.05, 0.1) is 6.04 Å². The zero-order chi connectivity index (χ0) is 13.1. The number of hydrogen-bond acceptors (Lipinski definition) is 1. The molecule has 2 heteroatoms. The molecule has 1 aromatic carbocycles. The van der Waals surface area contributed by atoms with Crippen LogP contribution in [0.2, 0.25) is 0 Å². The summed E-state index contributed by atoms with van der Waals surface area (Å²) in [5.74, 6) is 0. The van der Waals surface area contributed by atoms with Gasteiger partial charge >= 0.3 is 0 Å². The minimum absolute atomic E-state index is 0.427. The van der Waals surface area contributed by atoms with E-state index >= 15 is 0 Å². The van der Waals surface area contributed by atoms with Crippen LogP contribution in [0.5, 0.6) is 0 Å². The largest absolute Gasteiger partial charge is 0.348 e. The number of unbranched alkanes of at least 4 members (excludes halogenated alkanes) is 1. The van der Waals surface area contributed by atoms with Crippen LogP contribution in [0.3, 0.4) is 0 Å². The van der Waals surface area contributed by atoms with E-state index < -0.39 is 0 Å². The predicted molar refractivity (Wildman–Crippen MR) is 79.2 cm³/mol. The van der Waals surface area contributed by atoms with Crippen molar-refractivity contribution in [3.8, 4) is 0 Å². The van der Waals surface area contributed by atoms with Gasteiger partial charge in [-0.25, -0.2) is 0 Å². The molecule has 2 heterocycles. The molecular formula is C17H22N2. The van der Waals surface area contributed by atoms with E-state index in [0.717, 1.165) is 13.1 Å². The lowest BCUT2D eigenvalue weighted by atomic mass is 9.99. The van der Waals surface area contributed by atoms with Crippen LogP contribution < -0.4 is 0 Å². The molecule has 0 radical (unpaired) electrons. The highest BCUT2D eigenvalue weighted by atomic mass is 15.2. The number of rotatable bonds is 4. The van der Waals surface area contributed by atoms with Crippen LogP contribution in [0.1, 0.15) is 37.1 Å². The summed E-state index contributed by atoms with van der Waals surface area (Å²) in [5, 5.41) is 0. The highest BCUT2D eigenvalue weighted by molar-refractivity contribution is 5.30. The summed E-state index contributed by atoms with van der Waals surface area (Å²) in [6, 6.07) is 15.8. The number of hydrogen-bond donors (Lipinski definition) is 0. The Bertz CT molecular complexity index is 515. The van der Waals surface area contributed by atoms with Crippen molar-refractivity contribution in [3.05, 3.63) is 59.9 Å². The molecule has 1 aromatic heterocycles. The maximum atomic E-state index is 2.63. The summed E-state index contributed by atoms with van der Waals surface area (Å²) in [7, 11) is 0. The highest BCUT2D eigenvalue weighted by Gasteiger charge is 2.27. The van der Waals surface area contributed by atoms with Gasteiger partial charge in [0, 0.05) is 25.0 Å². The van der Waals surface area contributed by atoms with Crippen molar-refractivity contribution in [2.45, 2.75) is 32.4 Å². The summed E-state index contributed by atoms with van der Waals surface area (Å²) in [6.45, 7) is 5.74. The first kappa shape index (κ1) is 12.5. The fraction of sp³-hybridized carbons (Fsp3) is 0.412. The third-order valence-corrected chi connectivity index (χ3v) is 4.05. The van der Waals surface area contributed by atoms with Crippen molar-refractivity contribution in [2.75, 3.05) is 13.1 Å². The number of fused-ring (bicyclic) bond motifs is 1. The lowest BCUT2D eigenvalue weighted by Gasteiger charge is -2.37. The predicted octanol–water partition coefficient (Wildman–Crippen LogP) is 3.69. The molecule has 1 aliphatic rings. The molecule has 0 amide bonds. The molecule has 0 aliphatic carbocycles. The standard InChI is InChI=1S/C17H22N2/c1-2-3-11-19-14-13-18-12-7-10-16(18)17(19)15-8-5-4-6-9-15/h4-10,12,17H,2-3,11,13-14H2,1H3/t17-/m0/s1. The van der Waals surface area contributed by atoms with E-state index in [4.69, 9.17) is 0 Å². The normalized spacial score (nSPS) is 19.3. The third kappa shape index (κ3) is 2.45. The fourth-order valence-electron chi connectivity index (χ4n) is 3.05. The van der Waals surface area contributed by atoms with E-state index in [2.05, 4.69) is 65.1 Å². The summed E-state index contributed by atoms with van der Waals surface area (Å²) in [6.07, 6.45) is 4.76. The van der Waals surface area contributed by atoms with E-state index in [-0.39, 0.29) is 0 Å². The van der Waals surface area contributed by atoms with Crippen LogP contribution in [-0.2, 0) is 6.54 Å². The summed E-state index contributed by atoms with van der Waals surface area (Å²) >= 11 is 0. The molecule has 0 N–H and O–H groups in total. The maximum absolute atomic E-state index is 2.63. The van der Waals surface area contributed by atoms with Crippen LogP contribution in [0.4, 0.5) is 0 Å². The topological polar surface area (TPSA) is 8.17 Å². The van der Waals surface area contributed by atoms with Crippen LogP contribution >= 0.6 is 0 Å². The Morgan fingerprint density at radius 3 is 2.68 bits per heavy atom. The lowest BCUT2D eigenvalue weighted by molar-refractivity contribution is 0.180. The number of benzene rings is 1. The van der Waals surface area contributed by atoms with Crippen molar-refractivity contribution in [3.63, 3.8) is 0 Å². The van der Waals surface area contributed by atoms with Gasteiger partial charge in [-0.15, -0.1) is 0 Å². The highest BCUT2D eigenvalue weighted by Crippen LogP contribution is 2.32. The van der Waals surface area contributed by atoms with Gasteiger partial charge in [-0.1, -0.05) is 43.7 Å². The Morgan fingerprint density at radius 1 is 1.05 bits per heavy atom. The van der Waals surface area contributed by atoms with Gasteiger partial charge < -0.3 is 4.57 Å². The molecule has 0 fully saturated rings. The van der Waals surface area contributed by atoms with Gasteiger partial charge in [0.2, 0.25) is 0 Å². The lowest BCUT2D eigenvalue weighted by Crippen LogP contribution is -2.38. The first-order chi connectivity index (χ1) is 9.40. The second kappa shape index (κ2) is 5.62. The molecule has 0 unspecified atom stereocenters. The number of nitrogens with zero attached hydrogens (tertiary/aromatic N) is 2. The van der Waals surface area contributed by atoms with Gasteiger partial charge in [-0.3, -0.25) is 4.90 Å². The van der Waals surface area contributed by atoms with Crippen molar-refractivity contribution >= 4 is 0 Å². The molecule has 1 atom stereocenters. The SMILES string of the molecule is CCCCN1CCn2cccc2[C@@H]1c1ccccc1. The Hall–Kier alpha value is -1.54. The fourth-order valence-corrected chi connectivity index (χ4v) is 3.05. The second-order valence-corrected chi connectivity index (χ2v) is 5.33. The van der Waals surface area contributed by atoms with Crippen LogP contribution in [-0.4, -0.2) is 22.6 Å². The molecule has 0 saturated carbocycles. The first-order valence-corrected chi connectivity index (χ1v) is 7.34. The van der Waals surface area contributed by atoms with Crippen LogP contribution in [0, 0.1) is 0 Å². The smallest absolute Gasteiger partial charge is 0.0756 e. The molecule has 100 valence electrons. The first-order valence-electron chi connectivity index (χ1n) is 7.34. The van der Waals surface area contributed by atoms with Crippen molar-refractivity contribution < 1.29 is 0 Å². The molecular weight excluding hydrogens is 232 g/mol. The van der Waals surface area contributed by atoms with Gasteiger partial charge in [0.25, 0.3) is 0 Å². The van der Waals surface area contributed by atoms with E-state index in [1.165, 1.54) is 30.6 Å². The Kier molecular flexibility index (Phi) is 3.69. The Balaban J connectivity index is 1.95. The molecule has 0 saturated heterocycles. The van der Waals surface area contributed by atoms with Gasteiger partial charge in [-0.05, 0) is 30.7 Å². The number of aromatic nitrogens is 1. The zero-order valence-electron chi connectivity index (χ0n) is 11.6. The van der Waals surface area contributed by atoms with Gasteiger partial charge in [0.1, 0.15) is 0 Å². The summed E-state index contributed by atoms with van der Waals surface area (Å²) < 4.78 is 2.40. The zero-order valence-corrected chi connectivity index (χ0v) is 11.6. The van der Waals surface area contributed by atoms with Crippen LogP contribution in [0.25, 0.3) is 0 Å². The average molecular weight is 254 g/mol. The Morgan fingerprint density at radius 2 is 1.89 bits per heavy atom. The minimum Gasteiger partial charge on any atom is -0.348 e. The molecule has 3 rings (SSSR count). The molecule has 1 aliphatic heterocycles. The molecule has 2 nitrogen and oxygen atoms in total. The summed E-state index contributed by atoms with van der Waals surface area (Å²) in [4.78, 5) is 2.63. The second-order valence-electron chi connectivity index (χ2n) is 5.33. The molecule has 19 heavy (non-hydrogen) atoms. The quantitative estimate of drug-likeness (QED) is 0.808. The van der Waals surface area contributed by atoms with Crippen molar-refractivity contribution in [1.29, 1.82) is 0 Å². The Labute approximate surface area is 115 Å². The van der Waals surface area contributed by atoms with E-state index in [1.807, 2.05) is 0 Å². The van der Waals surface area contributed by atoms with Gasteiger partial charge in [0.15, 0.2) is 0 Å². The molecule has 2 aromatic rings. The minimum atomic E-state index is 0.427. The van der Waals surface area contributed by atoms with E-state index in [9.17, 15) is 0 Å². The summed E-state index contributed by atoms with van der Waals surface area (Å²) in [5.41, 5.74) is 2.85. The molecule has 0 spiro atoms. The van der Waals surface area contributed by atoms with Crippen LogP contribution in [0.15, 0.2) is 48.7 Å². The third-order valence-electron chi connectivity index (χ3n) is 4.05. The van der Waals surface area contributed by atoms with Crippen molar-refractivity contribution in [1.82, 2.24) is 9.47 Å². The van der Waals surface area contributed by atoms with Crippen molar-refractivity contribution in [2.24, 2.45) is 0 Å². The average Bonchev–Trinajstić information content (AvgIpc) is 2.93. The monoisotopic (exact) mass is 254 g/mol. The molecule has 0 bridgehead atoms. The maximum Gasteiger partial charge on any atom is 0.0756 e.